The van der Waals surface area contributed by atoms with E-state index in [0.29, 0.717) is 25.3 Å². The molecule has 3 rings (SSSR count). The van der Waals surface area contributed by atoms with Crippen LogP contribution >= 0.6 is 0 Å². The van der Waals surface area contributed by atoms with E-state index in [1.807, 2.05) is 19.2 Å². The molecule has 0 spiro atoms. The number of benzene rings is 1. The van der Waals surface area contributed by atoms with Gasteiger partial charge in [-0.25, -0.2) is 8.42 Å². The van der Waals surface area contributed by atoms with Crippen molar-refractivity contribution in [3.8, 4) is 0 Å². The molecule has 0 aliphatic heterocycles. The van der Waals surface area contributed by atoms with Crippen LogP contribution < -0.4 is 4.72 Å². The molecule has 3 aromatic rings. The number of amides is 1. The summed E-state index contributed by atoms with van der Waals surface area (Å²) < 4.78 is 29.9. The van der Waals surface area contributed by atoms with Crippen LogP contribution in [0.1, 0.15) is 17.3 Å². The van der Waals surface area contributed by atoms with Crippen molar-refractivity contribution in [2.75, 3.05) is 17.8 Å². The Morgan fingerprint density at radius 2 is 1.96 bits per heavy atom. The van der Waals surface area contributed by atoms with Crippen LogP contribution in [0.25, 0.3) is 0 Å². The fourth-order valence-corrected chi connectivity index (χ4v) is 3.98. The molecule has 0 fully saturated rings. The van der Waals surface area contributed by atoms with E-state index in [9.17, 15) is 13.2 Å². The number of likely N-dealkylation sites (N-methyl/N-ethyl adjacent to an activating group) is 1. The van der Waals surface area contributed by atoms with Gasteiger partial charge in [0.15, 0.2) is 0 Å². The number of nitrogens with zero attached hydrogens (tertiary/aromatic N) is 4. The minimum absolute atomic E-state index is 0.0682. The van der Waals surface area contributed by atoms with E-state index in [0.717, 1.165) is 0 Å². The molecule has 0 saturated carbocycles. The van der Waals surface area contributed by atoms with Crippen LogP contribution in [0.5, 0.6) is 0 Å². The van der Waals surface area contributed by atoms with Crippen LogP contribution in [-0.2, 0) is 16.6 Å². The highest BCUT2D eigenvalue weighted by Gasteiger charge is 2.25. The molecule has 9 heteroatoms. The minimum atomic E-state index is -3.94. The monoisotopic (exact) mass is 399 g/mol. The van der Waals surface area contributed by atoms with Gasteiger partial charge >= 0.3 is 0 Å². The molecule has 0 aliphatic rings. The van der Waals surface area contributed by atoms with Crippen molar-refractivity contribution in [3.05, 3.63) is 72.8 Å². The molecule has 0 atom stereocenters. The SMILES string of the molecule is CCN(CCn1cccn1)C(=O)c1ccccc1S(=O)(=O)Nc1cccnc1. The lowest BCUT2D eigenvalue weighted by Crippen LogP contribution is -2.35. The first-order valence-corrected chi connectivity index (χ1v) is 10.3. The van der Waals surface area contributed by atoms with E-state index in [-0.39, 0.29) is 16.4 Å². The van der Waals surface area contributed by atoms with Crippen molar-refractivity contribution >= 4 is 21.6 Å². The van der Waals surface area contributed by atoms with Crippen LogP contribution in [0.2, 0.25) is 0 Å². The average Bonchev–Trinajstić information content (AvgIpc) is 3.22. The average molecular weight is 399 g/mol. The zero-order valence-electron chi connectivity index (χ0n) is 15.4. The summed E-state index contributed by atoms with van der Waals surface area (Å²) in [5, 5.41) is 4.13. The highest BCUT2D eigenvalue weighted by atomic mass is 32.2. The third kappa shape index (κ3) is 4.55. The molecule has 0 saturated heterocycles. The predicted molar refractivity (Wildman–Crippen MR) is 105 cm³/mol. The number of hydrogen-bond acceptors (Lipinski definition) is 5. The normalized spacial score (nSPS) is 11.2. The maximum Gasteiger partial charge on any atom is 0.262 e. The quantitative estimate of drug-likeness (QED) is 0.627. The van der Waals surface area contributed by atoms with Gasteiger partial charge in [-0.1, -0.05) is 12.1 Å². The summed E-state index contributed by atoms with van der Waals surface area (Å²) in [7, 11) is -3.94. The van der Waals surface area contributed by atoms with Crippen molar-refractivity contribution in [3.63, 3.8) is 0 Å². The van der Waals surface area contributed by atoms with E-state index in [1.54, 1.807) is 46.2 Å². The fourth-order valence-electron chi connectivity index (χ4n) is 2.74. The summed E-state index contributed by atoms with van der Waals surface area (Å²) in [5.74, 6) is -0.346. The highest BCUT2D eigenvalue weighted by Crippen LogP contribution is 2.20. The Bertz CT molecular complexity index is 1020. The van der Waals surface area contributed by atoms with Crippen LogP contribution in [0.3, 0.4) is 0 Å². The highest BCUT2D eigenvalue weighted by molar-refractivity contribution is 7.92. The first kappa shape index (κ1) is 19.6. The first-order valence-electron chi connectivity index (χ1n) is 8.80. The Labute approximate surface area is 163 Å². The van der Waals surface area contributed by atoms with E-state index in [2.05, 4.69) is 14.8 Å². The first-order chi connectivity index (χ1) is 13.5. The molecule has 2 heterocycles. The number of rotatable bonds is 8. The van der Waals surface area contributed by atoms with E-state index in [4.69, 9.17) is 0 Å². The number of aromatic nitrogens is 3. The smallest absolute Gasteiger partial charge is 0.262 e. The fraction of sp³-hybridized carbons (Fsp3) is 0.211. The molecule has 1 N–H and O–H groups in total. The number of anilines is 1. The van der Waals surface area contributed by atoms with Crippen LogP contribution in [-0.4, -0.2) is 47.1 Å². The summed E-state index contributed by atoms with van der Waals surface area (Å²) in [6, 6.07) is 11.2. The van der Waals surface area contributed by atoms with Gasteiger partial charge in [0.25, 0.3) is 15.9 Å². The number of pyridine rings is 1. The summed E-state index contributed by atoms with van der Waals surface area (Å²) in [4.78, 5) is 18.5. The zero-order chi connectivity index (χ0) is 20.0. The third-order valence-electron chi connectivity index (χ3n) is 4.15. The van der Waals surface area contributed by atoms with Gasteiger partial charge in [0.05, 0.1) is 24.0 Å². The molecule has 28 heavy (non-hydrogen) atoms. The predicted octanol–water partition coefficient (Wildman–Crippen LogP) is 2.24. The second-order valence-corrected chi connectivity index (χ2v) is 7.65. The van der Waals surface area contributed by atoms with Crippen molar-refractivity contribution in [1.29, 1.82) is 0 Å². The van der Waals surface area contributed by atoms with Crippen molar-refractivity contribution in [1.82, 2.24) is 19.7 Å². The van der Waals surface area contributed by atoms with Gasteiger partial charge in [-0.3, -0.25) is 19.2 Å². The number of nitrogens with one attached hydrogen (secondary N) is 1. The van der Waals surface area contributed by atoms with Gasteiger partial charge in [0.1, 0.15) is 4.90 Å². The largest absolute Gasteiger partial charge is 0.337 e. The van der Waals surface area contributed by atoms with Gasteiger partial charge < -0.3 is 4.90 Å². The standard InChI is InChI=1S/C19H21N5O3S/c1-2-23(13-14-24-12-6-11-21-24)19(25)17-8-3-4-9-18(17)28(26,27)22-16-7-5-10-20-15-16/h3-12,15,22H,2,13-14H2,1H3. The van der Waals surface area contributed by atoms with E-state index < -0.39 is 10.0 Å². The van der Waals surface area contributed by atoms with Crippen LogP contribution in [0, 0.1) is 0 Å². The summed E-state index contributed by atoms with van der Waals surface area (Å²) >= 11 is 0. The summed E-state index contributed by atoms with van der Waals surface area (Å²) in [5.41, 5.74) is 0.456. The van der Waals surface area contributed by atoms with E-state index >= 15 is 0 Å². The molecule has 146 valence electrons. The maximum atomic E-state index is 13.0. The molecule has 1 amide bonds. The molecule has 2 aromatic heterocycles. The topological polar surface area (TPSA) is 97.2 Å². The third-order valence-corrected chi connectivity index (χ3v) is 5.59. The lowest BCUT2D eigenvalue weighted by atomic mass is 10.2. The number of carbonyl (C=O) groups excluding carboxylic acids is 1. The summed E-state index contributed by atoms with van der Waals surface area (Å²) in [6.45, 7) is 3.24. The molecule has 8 nitrogen and oxygen atoms in total. The Morgan fingerprint density at radius 3 is 2.64 bits per heavy atom. The van der Waals surface area contributed by atoms with Gasteiger partial charge in [0, 0.05) is 31.7 Å². The number of hydrogen-bond donors (Lipinski definition) is 1. The Kier molecular flexibility index (Phi) is 6.05. The molecule has 0 aliphatic carbocycles. The summed E-state index contributed by atoms with van der Waals surface area (Å²) in [6.07, 6.45) is 6.44. The number of carbonyl (C=O) groups is 1. The second kappa shape index (κ2) is 8.66. The van der Waals surface area contributed by atoms with Crippen molar-refractivity contribution in [2.24, 2.45) is 0 Å². The van der Waals surface area contributed by atoms with E-state index in [1.165, 1.54) is 18.3 Å². The van der Waals surface area contributed by atoms with Crippen molar-refractivity contribution in [2.45, 2.75) is 18.4 Å². The second-order valence-electron chi connectivity index (χ2n) is 6.00. The molecule has 0 bridgehead atoms. The Hall–Kier alpha value is -3.20. The minimum Gasteiger partial charge on any atom is -0.337 e. The van der Waals surface area contributed by atoms with Gasteiger partial charge in [-0.15, -0.1) is 0 Å². The Morgan fingerprint density at radius 1 is 1.14 bits per heavy atom. The molecule has 0 unspecified atom stereocenters. The van der Waals surface area contributed by atoms with Crippen LogP contribution in [0.15, 0.2) is 72.1 Å². The lowest BCUT2D eigenvalue weighted by molar-refractivity contribution is 0.0753. The van der Waals surface area contributed by atoms with Gasteiger partial charge in [-0.2, -0.15) is 5.10 Å². The molecule has 0 radical (unpaired) electrons. The van der Waals surface area contributed by atoms with Crippen LogP contribution in [0.4, 0.5) is 5.69 Å². The zero-order valence-corrected chi connectivity index (χ0v) is 16.2. The lowest BCUT2D eigenvalue weighted by Gasteiger charge is -2.22. The number of sulfonamides is 1. The Balaban J connectivity index is 1.84. The maximum absolute atomic E-state index is 13.0. The van der Waals surface area contributed by atoms with Gasteiger partial charge in [0.2, 0.25) is 0 Å². The van der Waals surface area contributed by atoms with Gasteiger partial charge in [-0.05, 0) is 37.3 Å². The molecular weight excluding hydrogens is 378 g/mol. The van der Waals surface area contributed by atoms with Crippen molar-refractivity contribution < 1.29 is 13.2 Å². The molecule has 1 aromatic carbocycles. The molecular formula is C19H21N5O3S.